The number of hydrogen-bond acceptors (Lipinski definition) is 4. The molecule has 0 aliphatic heterocycles. The molecule has 202 valence electrons. The quantitative estimate of drug-likeness (QED) is 0.287. The molecule has 5 rings (SSSR count). The van der Waals surface area contributed by atoms with E-state index in [-0.39, 0.29) is 57.1 Å². The first-order valence-corrected chi connectivity index (χ1v) is 14.9. The van der Waals surface area contributed by atoms with Crippen LogP contribution >= 0.6 is 0 Å². The Morgan fingerprint density at radius 1 is 0.861 bits per heavy atom. The maximum absolute atomic E-state index is 14.2. The Kier molecular flexibility index (Phi) is 5.98. The van der Waals surface area contributed by atoms with Crippen LogP contribution in [0.15, 0.2) is 0 Å². The lowest BCUT2D eigenvalue weighted by Gasteiger charge is -2.61. The summed E-state index contributed by atoms with van der Waals surface area (Å²) in [4.78, 5) is 40.1. The summed E-state index contributed by atoms with van der Waals surface area (Å²) >= 11 is 0. The van der Waals surface area contributed by atoms with Crippen LogP contribution in [0.2, 0.25) is 0 Å². The van der Waals surface area contributed by atoms with Crippen molar-refractivity contribution in [3.63, 3.8) is 0 Å². The molecule has 4 nitrogen and oxygen atoms in total. The van der Waals surface area contributed by atoms with E-state index in [2.05, 4.69) is 48.5 Å². The Morgan fingerprint density at radius 3 is 2.14 bits per heavy atom. The molecule has 5 fully saturated rings. The van der Waals surface area contributed by atoms with Crippen LogP contribution in [0.5, 0.6) is 0 Å². The molecule has 0 radical (unpaired) electrons. The summed E-state index contributed by atoms with van der Waals surface area (Å²) in [6.07, 6.45) is 10.8. The molecule has 0 bridgehead atoms. The minimum atomic E-state index is -0.504. The minimum absolute atomic E-state index is 0.0227. The van der Waals surface area contributed by atoms with E-state index >= 15 is 0 Å². The topological polar surface area (TPSA) is 60.4 Å². The summed E-state index contributed by atoms with van der Waals surface area (Å²) in [7, 11) is 0. The van der Waals surface area contributed by atoms with E-state index < -0.39 is 5.41 Å². The molecular weight excluding hydrogens is 448 g/mol. The zero-order valence-electron chi connectivity index (χ0n) is 24.2. The fourth-order valence-corrected chi connectivity index (χ4v) is 11.2. The summed E-state index contributed by atoms with van der Waals surface area (Å²) < 4.78 is 5.73. The molecule has 0 saturated heterocycles. The molecule has 0 amide bonds. The van der Waals surface area contributed by atoms with Gasteiger partial charge in [-0.3, -0.25) is 14.4 Å². The molecule has 5 aliphatic rings. The number of carbonyl (C=O) groups is 3. The van der Waals surface area contributed by atoms with Gasteiger partial charge in [0.05, 0.1) is 0 Å². The smallest absolute Gasteiger partial charge is 0.302 e. The van der Waals surface area contributed by atoms with Gasteiger partial charge < -0.3 is 4.74 Å². The van der Waals surface area contributed by atoms with Crippen molar-refractivity contribution in [1.82, 2.24) is 0 Å². The highest BCUT2D eigenvalue weighted by molar-refractivity contribution is 6.40. The number of rotatable bonds is 6. The third-order valence-corrected chi connectivity index (χ3v) is 13.1. The molecule has 5 aliphatic carbocycles. The van der Waals surface area contributed by atoms with Gasteiger partial charge in [-0.15, -0.1) is 0 Å². The Bertz CT molecular complexity index is 965. The van der Waals surface area contributed by atoms with Crippen molar-refractivity contribution < 1.29 is 19.1 Å². The van der Waals surface area contributed by atoms with Crippen LogP contribution in [-0.2, 0) is 19.1 Å². The molecule has 0 heterocycles. The fourth-order valence-electron chi connectivity index (χ4n) is 11.2. The highest BCUT2D eigenvalue weighted by atomic mass is 16.5. The highest BCUT2D eigenvalue weighted by Crippen LogP contribution is 2.88. The van der Waals surface area contributed by atoms with Crippen molar-refractivity contribution in [2.45, 2.75) is 126 Å². The predicted molar refractivity (Wildman–Crippen MR) is 141 cm³/mol. The normalized spacial score (nSPS) is 47.5. The first-order valence-electron chi connectivity index (χ1n) is 14.9. The maximum Gasteiger partial charge on any atom is 0.302 e. The van der Waals surface area contributed by atoms with Crippen LogP contribution in [0.25, 0.3) is 0 Å². The third-order valence-electron chi connectivity index (χ3n) is 13.1. The zero-order chi connectivity index (χ0) is 26.5. The Hall–Kier alpha value is -1.19. The van der Waals surface area contributed by atoms with Gasteiger partial charge >= 0.3 is 5.97 Å². The van der Waals surface area contributed by atoms with Gasteiger partial charge in [-0.05, 0) is 84.4 Å². The molecule has 1 unspecified atom stereocenters. The fraction of sp³-hybridized carbons (Fsp3) is 0.906. The molecule has 9 atom stereocenters. The number of carbonyl (C=O) groups excluding carboxylic acids is 3. The van der Waals surface area contributed by atoms with E-state index in [1.54, 1.807) is 0 Å². The number of esters is 1. The molecule has 0 aromatic rings. The van der Waals surface area contributed by atoms with Crippen molar-refractivity contribution >= 4 is 17.5 Å². The highest BCUT2D eigenvalue weighted by Gasteiger charge is 2.86. The second-order valence-electron chi connectivity index (χ2n) is 15.3. The van der Waals surface area contributed by atoms with Crippen molar-refractivity contribution in [1.29, 1.82) is 0 Å². The minimum Gasteiger partial charge on any atom is -0.462 e. The molecule has 0 aromatic heterocycles. The zero-order valence-corrected chi connectivity index (χ0v) is 24.2. The average Bonchev–Trinajstić information content (AvgIpc) is 3.30. The van der Waals surface area contributed by atoms with Gasteiger partial charge in [-0.25, -0.2) is 0 Å². The van der Waals surface area contributed by atoms with E-state index in [9.17, 15) is 14.4 Å². The van der Waals surface area contributed by atoms with E-state index in [0.717, 1.165) is 38.0 Å². The Labute approximate surface area is 219 Å². The van der Waals surface area contributed by atoms with Crippen molar-refractivity contribution in [3.8, 4) is 0 Å². The van der Waals surface area contributed by atoms with Crippen LogP contribution < -0.4 is 0 Å². The molecule has 36 heavy (non-hydrogen) atoms. The second-order valence-corrected chi connectivity index (χ2v) is 15.3. The lowest BCUT2D eigenvalue weighted by atomic mass is 9.41. The van der Waals surface area contributed by atoms with Gasteiger partial charge in [0, 0.05) is 24.2 Å². The lowest BCUT2D eigenvalue weighted by Crippen LogP contribution is -2.64. The van der Waals surface area contributed by atoms with Crippen LogP contribution in [0.4, 0.5) is 0 Å². The number of ether oxygens (including phenoxy) is 1. The van der Waals surface area contributed by atoms with E-state index in [0.29, 0.717) is 11.8 Å². The molecule has 4 heteroatoms. The number of hydrogen-bond donors (Lipinski definition) is 0. The first kappa shape index (κ1) is 26.4. The summed E-state index contributed by atoms with van der Waals surface area (Å²) in [5, 5.41) is 0. The summed E-state index contributed by atoms with van der Waals surface area (Å²) in [5.41, 5.74) is -0.577. The monoisotopic (exact) mass is 498 g/mol. The van der Waals surface area contributed by atoms with E-state index in [1.807, 2.05) is 0 Å². The number of Topliss-reactive ketones (excluding diaryl/α,β-unsaturated/α-hetero) is 2. The number of fused-ring (bicyclic) bond motifs is 2. The SMILES string of the molecule is CC(=O)OC1CC[C@]23C[C@@]24CC[C@]2(C)[C@@H]([C@H](C)CCCC(C)C)CC[C@@]2(C)[C@@H]4C(=O)C(=O)[C@H]3C1(C)C. The summed E-state index contributed by atoms with van der Waals surface area (Å²) in [6, 6.07) is 0. The third kappa shape index (κ3) is 3.20. The van der Waals surface area contributed by atoms with Crippen LogP contribution in [0, 0.1) is 56.7 Å². The lowest BCUT2D eigenvalue weighted by molar-refractivity contribution is -0.188. The second kappa shape index (κ2) is 8.15. The largest absolute Gasteiger partial charge is 0.462 e. The predicted octanol–water partition coefficient (Wildman–Crippen LogP) is 7.18. The van der Waals surface area contributed by atoms with Gasteiger partial charge in [-0.1, -0.05) is 67.7 Å². The summed E-state index contributed by atoms with van der Waals surface area (Å²) in [5.74, 6) is 1.11. The van der Waals surface area contributed by atoms with Crippen LogP contribution in [-0.4, -0.2) is 23.6 Å². The Balaban J connectivity index is 1.46. The molecule has 0 aromatic carbocycles. The van der Waals surface area contributed by atoms with Gasteiger partial charge in [0.25, 0.3) is 0 Å². The van der Waals surface area contributed by atoms with E-state index in [4.69, 9.17) is 4.74 Å². The van der Waals surface area contributed by atoms with Gasteiger partial charge in [0.15, 0.2) is 0 Å². The van der Waals surface area contributed by atoms with Crippen molar-refractivity contribution in [2.24, 2.45) is 56.7 Å². The average molecular weight is 499 g/mol. The standard InChI is InChI=1S/C32H50O4/c1-19(2)10-9-11-20(3)22-12-14-30(8)27-25(35)24(34)26-28(5,6)23(36-21(4)33)13-15-31(26)18-32(27,31)17-16-29(22,30)7/h19-20,22-23,26-27H,9-18H2,1-8H3/t20-,22-,23?,26+,27+,29-,30+,31-,32-/m1/s1. The Morgan fingerprint density at radius 2 is 1.50 bits per heavy atom. The molecular formula is C32H50O4. The maximum atomic E-state index is 14.2. The van der Waals surface area contributed by atoms with Gasteiger partial charge in [-0.2, -0.15) is 0 Å². The van der Waals surface area contributed by atoms with Crippen molar-refractivity contribution in [2.75, 3.05) is 0 Å². The van der Waals surface area contributed by atoms with Crippen LogP contribution in [0.3, 0.4) is 0 Å². The molecule has 2 spiro atoms. The summed E-state index contributed by atoms with van der Waals surface area (Å²) in [6.45, 7) is 17.5. The molecule has 5 saturated carbocycles. The van der Waals surface area contributed by atoms with Crippen molar-refractivity contribution in [3.05, 3.63) is 0 Å². The van der Waals surface area contributed by atoms with E-state index in [1.165, 1.54) is 39.0 Å². The molecule has 0 N–H and O–H groups in total. The number of ketones is 2. The van der Waals surface area contributed by atoms with Gasteiger partial charge in [0.2, 0.25) is 11.6 Å². The first-order chi connectivity index (χ1) is 16.7. The van der Waals surface area contributed by atoms with Gasteiger partial charge in [0.1, 0.15) is 6.10 Å². The van der Waals surface area contributed by atoms with Crippen LogP contribution in [0.1, 0.15) is 120 Å².